The lowest BCUT2D eigenvalue weighted by Gasteiger charge is -2.35. The molecule has 0 radical (unpaired) electrons. The molecule has 0 spiro atoms. The van der Waals surface area contributed by atoms with Crippen LogP contribution in [-0.2, 0) is 18.5 Å². The fraction of sp³-hybridized carbons (Fsp3) is 0.310. The maximum Gasteiger partial charge on any atom is 0.330 e. The average Bonchev–Trinajstić information content (AvgIpc) is 2.96. The van der Waals surface area contributed by atoms with Crippen molar-refractivity contribution in [2.45, 2.75) is 30.6 Å². The molecule has 10 nitrogen and oxygen atoms in total. The number of aromatic nitrogens is 3. The molecule has 0 atom stereocenters. The number of hydroxylamine groups is 2. The molecule has 1 fully saturated rings. The van der Waals surface area contributed by atoms with Crippen LogP contribution in [0.2, 0.25) is 0 Å². The third kappa shape index (κ3) is 6.71. The number of benzene rings is 2. The number of rotatable bonds is 7. The minimum Gasteiger partial charge on any atom is -0.480 e. The minimum atomic E-state index is -4.28. The van der Waals surface area contributed by atoms with Crippen molar-refractivity contribution in [1.29, 1.82) is 0 Å². The molecule has 0 saturated carbocycles. The van der Waals surface area contributed by atoms with E-state index in [1.807, 2.05) is 18.2 Å². The SMILES string of the molecule is COc1ncc(-c2ccc3ncnc(N4CCN(OC(=O)C(C)(C)C)CC4)c3c2)cc1SS(=O)(=O)c1ccc(F)cc1F. The van der Waals surface area contributed by atoms with Gasteiger partial charge in [-0.05, 0) is 56.7 Å². The predicted molar refractivity (Wildman–Crippen MR) is 158 cm³/mol. The Bertz CT molecular complexity index is 1790. The van der Waals surface area contributed by atoms with Gasteiger partial charge in [-0.3, -0.25) is 0 Å². The van der Waals surface area contributed by atoms with E-state index in [1.165, 1.54) is 13.4 Å². The lowest BCUT2D eigenvalue weighted by Crippen LogP contribution is -2.48. The lowest BCUT2D eigenvalue weighted by atomic mass is 9.98. The monoisotopic (exact) mass is 629 g/mol. The van der Waals surface area contributed by atoms with Crippen LogP contribution in [0.5, 0.6) is 5.88 Å². The number of fused-ring (bicyclic) bond motifs is 1. The first-order valence-electron chi connectivity index (χ1n) is 13.3. The van der Waals surface area contributed by atoms with Gasteiger partial charge < -0.3 is 14.5 Å². The molecule has 4 aromatic rings. The zero-order valence-electron chi connectivity index (χ0n) is 23.9. The molecule has 43 heavy (non-hydrogen) atoms. The molecule has 1 saturated heterocycles. The highest BCUT2D eigenvalue weighted by Gasteiger charge is 2.29. The van der Waals surface area contributed by atoms with Gasteiger partial charge in [0.05, 0.1) is 36.0 Å². The van der Waals surface area contributed by atoms with Crippen LogP contribution in [-0.4, -0.2) is 67.7 Å². The van der Waals surface area contributed by atoms with Gasteiger partial charge in [-0.15, -0.1) is 5.06 Å². The van der Waals surface area contributed by atoms with Crippen molar-refractivity contribution in [1.82, 2.24) is 20.0 Å². The molecule has 0 N–H and O–H groups in total. The Kier molecular flexibility index (Phi) is 8.54. The van der Waals surface area contributed by atoms with Gasteiger partial charge in [0.1, 0.15) is 28.7 Å². The number of nitrogens with zero attached hydrogens (tertiary/aromatic N) is 5. The molecule has 226 valence electrons. The van der Waals surface area contributed by atoms with Crippen LogP contribution in [0.4, 0.5) is 14.6 Å². The van der Waals surface area contributed by atoms with E-state index in [0.717, 1.165) is 17.5 Å². The molecular weight excluding hydrogens is 600 g/mol. The highest BCUT2D eigenvalue weighted by molar-refractivity contribution is 8.72. The van der Waals surface area contributed by atoms with Gasteiger partial charge >= 0.3 is 5.97 Å². The summed E-state index contributed by atoms with van der Waals surface area (Å²) >= 11 is 0. The first-order chi connectivity index (χ1) is 20.4. The number of pyridine rings is 1. The minimum absolute atomic E-state index is 0.0367. The molecule has 0 aliphatic carbocycles. The van der Waals surface area contributed by atoms with Crippen molar-refractivity contribution in [3.8, 4) is 17.0 Å². The number of hydrogen-bond donors (Lipinski definition) is 0. The Morgan fingerprint density at radius 1 is 0.953 bits per heavy atom. The molecule has 5 rings (SSSR count). The Balaban J connectivity index is 1.42. The largest absolute Gasteiger partial charge is 0.480 e. The summed E-state index contributed by atoms with van der Waals surface area (Å²) in [6, 6.07) is 9.43. The molecule has 0 amide bonds. The summed E-state index contributed by atoms with van der Waals surface area (Å²) < 4.78 is 59.1. The summed E-state index contributed by atoms with van der Waals surface area (Å²) in [7, 11) is -2.56. The molecular formula is C29H29F2N5O5S2. The fourth-order valence-electron chi connectivity index (χ4n) is 4.36. The summed E-state index contributed by atoms with van der Waals surface area (Å²) in [5.74, 6) is -1.62. The van der Waals surface area contributed by atoms with Crippen LogP contribution in [0.1, 0.15) is 20.8 Å². The molecule has 2 aromatic carbocycles. The Morgan fingerprint density at radius 2 is 1.70 bits per heavy atom. The zero-order valence-corrected chi connectivity index (χ0v) is 25.5. The van der Waals surface area contributed by atoms with Crippen LogP contribution < -0.4 is 9.64 Å². The standard InChI is InChI=1S/C29H29F2N5O5S2/c1-29(2,3)28(37)41-36-11-9-35(10-12-36)26-21-13-18(5-7-23(21)33-17-34-26)19-14-24(27(40-4)32-16-19)42-43(38,39)25-8-6-20(30)15-22(25)31/h5-8,13-17H,9-12H2,1-4H3. The smallest absolute Gasteiger partial charge is 0.330 e. The van der Waals surface area contributed by atoms with Gasteiger partial charge in [0, 0.05) is 47.1 Å². The molecule has 2 aromatic heterocycles. The number of halogens is 2. The van der Waals surface area contributed by atoms with E-state index in [4.69, 9.17) is 9.57 Å². The molecule has 1 aliphatic rings. The van der Waals surface area contributed by atoms with E-state index in [1.54, 1.807) is 38.1 Å². The first-order valence-corrected chi connectivity index (χ1v) is 16.1. The van der Waals surface area contributed by atoms with E-state index in [-0.39, 0.29) is 16.7 Å². The molecule has 0 unspecified atom stereocenters. The van der Waals surface area contributed by atoms with Crippen molar-refractivity contribution in [2.24, 2.45) is 5.41 Å². The summed E-state index contributed by atoms with van der Waals surface area (Å²) in [6.07, 6.45) is 3.04. The fourth-order valence-corrected chi connectivity index (χ4v) is 7.35. The Hall–Kier alpha value is -3.88. The second kappa shape index (κ2) is 12.0. The second-order valence-electron chi connectivity index (χ2n) is 10.8. The summed E-state index contributed by atoms with van der Waals surface area (Å²) in [6.45, 7) is 7.55. The topological polar surface area (TPSA) is 115 Å². The van der Waals surface area contributed by atoms with E-state index in [0.29, 0.717) is 65.5 Å². The van der Waals surface area contributed by atoms with Gasteiger partial charge in [0.2, 0.25) is 14.7 Å². The number of methoxy groups -OCH3 is 1. The van der Waals surface area contributed by atoms with E-state index < -0.39 is 30.8 Å². The first kappa shape index (κ1) is 30.6. The third-order valence-electron chi connectivity index (χ3n) is 6.68. The van der Waals surface area contributed by atoms with Gasteiger partial charge in [-0.25, -0.2) is 36.9 Å². The van der Waals surface area contributed by atoms with Gasteiger partial charge in [0.25, 0.3) is 0 Å². The van der Waals surface area contributed by atoms with Crippen molar-refractivity contribution < 1.29 is 31.6 Å². The molecule has 14 heteroatoms. The summed E-state index contributed by atoms with van der Waals surface area (Å²) in [4.78, 5) is 32.6. The Labute approximate surface area is 251 Å². The third-order valence-corrected chi connectivity index (χ3v) is 9.98. The maximum absolute atomic E-state index is 14.3. The number of carbonyl (C=O) groups excluding carboxylic acids is 1. The van der Waals surface area contributed by atoms with E-state index >= 15 is 0 Å². The van der Waals surface area contributed by atoms with Gasteiger partial charge in [-0.1, -0.05) is 6.07 Å². The number of piperazine rings is 1. The summed E-state index contributed by atoms with van der Waals surface area (Å²) in [5, 5.41) is 2.43. The van der Waals surface area contributed by atoms with Crippen LogP contribution in [0.3, 0.4) is 0 Å². The van der Waals surface area contributed by atoms with Gasteiger partial charge in [0.15, 0.2) is 0 Å². The van der Waals surface area contributed by atoms with Crippen molar-refractivity contribution in [3.63, 3.8) is 0 Å². The van der Waals surface area contributed by atoms with Crippen LogP contribution in [0, 0.1) is 17.0 Å². The highest BCUT2D eigenvalue weighted by atomic mass is 33.1. The Morgan fingerprint density at radius 3 is 2.37 bits per heavy atom. The average molecular weight is 630 g/mol. The normalized spacial score (nSPS) is 14.6. The highest BCUT2D eigenvalue weighted by Crippen LogP contribution is 2.39. The van der Waals surface area contributed by atoms with E-state index in [2.05, 4.69) is 19.9 Å². The quantitative estimate of drug-likeness (QED) is 0.255. The van der Waals surface area contributed by atoms with E-state index in [9.17, 15) is 22.0 Å². The summed E-state index contributed by atoms with van der Waals surface area (Å²) in [5.41, 5.74) is 1.39. The van der Waals surface area contributed by atoms with Gasteiger partial charge in [-0.2, -0.15) is 0 Å². The van der Waals surface area contributed by atoms with Crippen LogP contribution in [0.15, 0.2) is 64.8 Å². The van der Waals surface area contributed by atoms with Crippen LogP contribution >= 0.6 is 10.8 Å². The molecule has 0 bridgehead atoms. The van der Waals surface area contributed by atoms with Crippen molar-refractivity contribution >= 4 is 42.4 Å². The van der Waals surface area contributed by atoms with Crippen molar-refractivity contribution in [3.05, 3.63) is 66.6 Å². The molecule has 1 aliphatic heterocycles. The molecule has 3 heterocycles. The van der Waals surface area contributed by atoms with Crippen LogP contribution in [0.25, 0.3) is 22.0 Å². The predicted octanol–water partition coefficient (Wildman–Crippen LogP) is 5.09. The zero-order chi connectivity index (χ0) is 30.9. The lowest BCUT2D eigenvalue weighted by molar-refractivity contribution is -0.201. The number of hydrogen-bond acceptors (Lipinski definition) is 11. The number of carbonyl (C=O) groups is 1. The number of ether oxygens (including phenoxy) is 1. The van der Waals surface area contributed by atoms with Crippen molar-refractivity contribution in [2.75, 3.05) is 38.2 Å². The second-order valence-corrected chi connectivity index (χ2v) is 14.6. The maximum atomic E-state index is 14.3. The number of anilines is 1.